The lowest BCUT2D eigenvalue weighted by molar-refractivity contribution is 0.284. The van der Waals surface area contributed by atoms with Gasteiger partial charge in [0.1, 0.15) is 6.61 Å². The summed E-state index contributed by atoms with van der Waals surface area (Å²) in [7, 11) is 1.67. The highest BCUT2D eigenvalue weighted by molar-refractivity contribution is 9.10. The van der Waals surface area contributed by atoms with Crippen LogP contribution in [0.2, 0.25) is 0 Å². The summed E-state index contributed by atoms with van der Waals surface area (Å²) >= 11 is 3.69. The number of methoxy groups -OCH3 is 1. The molecule has 0 bridgehead atoms. The lowest BCUT2D eigenvalue weighted by atomic mass is 10.1. The lowest BCUT2D eigenvalue weighted by Crippen LogP contribution is -2.03. The second-order valence-electron chi connectivity index (χ2n) is 7.25. The molecule has 4 aromatic rings. The molecule has 152 valence electrons. The Morgan fingerprint density at radius 3 is 2.43 bits per heavy atom. The van der Waals surface area contributed by atoms with Gasteiger partial charge in [0.25, 0.3) is 0 Å². The van der Waals surface area contributed by atoms with Crippen LogP contribution in [-0.2, 0) is 13.2 Å². The molecule has 0 spiro atoms. The molecular formula is C26H24BrNO2. The normalized spacial score (nSPS) is 10.8. The van der Waals surface area contributed by atoms with Crippen LogP contribution >= 0.6 is 15.9 Å². The Labute approximate surface area is 185 Å². The molecule has 0 aliphatic rings. The number of benzene rings is 4. The van der Waals surface area contributed by atoms with Crippen molar-refractivity contribution in [2.45, 2.75) is 20.1 Å². The third-order valence-electron chi connectivity index (χ3n) is 5.11. The quantitative estimate of drug-likeness (QED) is 0.318. The Kier molecular flexibility index (Phi) is 6.24. The smallest absolute Gasteiger partial charge is 0.162 e. The number of halogens is 1. The van der Waals surface area contributed by atoms with E-state index >= 15 is 0 Å². The van der Waals surface area contributed by atoms with Gasteiger partial charge in [0.2, 0.25) is 0 Å². The molecule has 4 rings (SSSR count). The fourth-order valence-electron chi connectivity index (χ4n) is 3.40. The van der Waals surface area contributed by atoms with E-state index in [0.29, 0.717) is 13.2 Å². The van der Waals surface area contributed by atoms with Gasteiger partial charge in [0, 0.05) is 22.1 Å². The molecular weight excluding hydrogens is 438 g/mol. The van der Waals surface area contributed by atoms with Crippen LogP contribution in [0.25, 0.3) is 10.8 Å². The number of fused-ring (bicyclic) bond motifs is 1. The van der Waals surface area contributed by atoms with E-state index in [1.165, 1.54) is 16.3 Å². The SMILES string of the molecule is COc1cc(CNc2cccc3ccccc23)c(Br)cc1OCc1ccc(C)cc1. The van der Waals surface area contributed by atoms with Gasteiger partial charge in [-0.2, -0.15) is 0 Å². The number of ether oxygens (including phenoxy) is 2. The monoisotopic (exact) mass is 461 g/mol. The second kappa shape index (κ2) is 9.23. The molecule has 0 aliphatic carbocycles. The summed E-state index contributed by atoms with van der Waals surface area (Å²) in [6.45, 7) is 3.25. The highest BCUT2D eigenvalue weighted by Crippen LogP contribution is 2.35. The van der Waals surface area contributed by atoms with Crippen LogP contribution in [0.4, 0.5) is 5.69 Å². The Hall–Kier alpha value is -2.98. The molecule has 0 aromatic heterocycles. The molecule has 0 saturated heterocycles. The van der Waals surface area contributed by atoms with Crippen LogP contribution in [-0.4, -0.2) is 7.11 Å². The van der Waals surface area contributed by atoms with Crippen LogP contribution in [0.15, 0.2) is 83.3 Å². The van der Waals surface area contributed by atoms with E-state index in [1.807, 2.05) is 12.1 Å². The van der Waals surface area contributed by atoms with Crippen molar-refractivity contribution in [1.82, 2.24) is 0 Å². The largest absolute Gasteiger partial charge is 0.493 e. The van der Waals surface area contributed by atoms with Gasteiger partial charge >= 0.3 is 0 Å². The molecule has 0 unspecified atom stereocenters. The van der Waals surface area contributed by atoms with Crippen molar-refractivity contribution < 1.29 is 9.47 Å². The van der Waals surface area contributed by atoms with Crippen molar-refractivity contribution in [2.75, 3.05) is 12.4 Å². The summed E-state index contributed by atoms with van der Waals surface area (Å²) in [4.78, 5) is 0. The highest BCUT2D eigenvalue weighted by atomic mass is 79.9. The average Bonchev–Trinajstić information content (AvgIpc) is 2.78. The van der Waals surface area contributed by atoms with Crippen molar-refractivity contribution in [3.05, 3.63) is 100 Å². The highest BCUT2D eigenvalue weighted by Gasteiger charge is 2.11. The molecule has 1 N–H and O–H groups in total. The molecule has 0 amide bonds. The van der Waals surface area contributed by atoms with Gasteiger partial charge in [-0.3, -0.25) is 0 Å². The first kappa shape index (κ1) is 20.3. The molecule has 0 heterocycles. The zero-order valence-corrected chi connectivity index (χ0v) is 18.7. The van der Waals surface area contributed by atoms with Gasteiger partial charge in [-0.05, 0) is 41.6 Å². The first-order valence-electron chi connectivity index (χ1n) is 9.90. The van der Waals surface area contributed by atoms with Gasteiger partial charge in [0.05, 0.1) is 7.11 Å². The third-order valence-corrected chi connectivity index (χ3v) is 5.84. The van der Waals surface area contributed by atoms with E-state index in [2.05, 4.69) is 94.9 Å². The Bertz CT molecular complexity index is 1150. The lowest BCUT2D eigenvalue weighted by Gasteiger charge is -2.15. The summed E-state index contributed by atoms with van der Waals surface area (Å²) in [6, 6.07) is 27.0. The molecule has 4 heteroatoms. The number of rotatable bonds is 7. The van der Waals surface area contributed by atoms with Crippen molar-refractivity contribution in [3.63, 3.8) is 0 Å². The van der Waals surface area contributed by atoms with Crippen molar-refractivity contribution in [3.8, 4) is 11.5 Å². The van der Waals surface area contributed by atoms with E-state index < -0.39 is 0 Å². The first-order valence-corrected chi connectivity index (χ1v) is 10.7. The molecule has 0 atom stereocenters. The molecule has 3 nitrogen and oxygen atoms in total. The summed E-state index contributed by atoms with van der Waals surface area (Å²) < 4.78 is 12.6. The van der Waals surface area contributed by atoms with Crippen molar-refractivity contribution in [1.29, 1.82) is 0 Å². The van der Waals surface area contributed by atoms with E-state index in [4.69, 9.17) is 9.47 Å². The van der Waals surface area contributed by atoms with Gasteiger partial charge < -0.3 is 14.8 Å². The van der Waals surface area contributed by atoms with E-state index in [-0.39, 0.29) is 0 Å². The first-order chi connectivity index (χ1) is 14.6. The van der Waals surface area contributed by atoms with Gasteiger partial charge in [-0.15, -0.1) is 0 Å². The van der Waals surface area contributed by atoms with Crippen molar-refractivity contribution >= 4 is 32.4 Å². The zero-order valence-electron chi connectivity index (χ0n) is 17.1. The van der Waals surface area contributed by atoms with Crippen LogP contribution in [0.3, 0.4) is 0 Å². The molecule has 0 radical (unpaired) electrons. The number of nitrogens with one attached hydrogen (secondary N) is 1. The van der Waals surface area contributed by atoms with Gasteiger partial charge in [0.15, 0.2) is 11.5 Å². The van der Waals surface area contributed by atoms with Crippen LogP contribution in [0.5, 0.6) is 11.5 Å². The Morgan fingerprint density at radius 2 is 1.63 bits per heavy atom. The molecule has 0 saturated carbocycles. The molecule has 30 heavy (non-hydrogen) atoms. The molecule has 0 fully saturated rings. The number of anilines is 1. The second-order valence-corrected chi connectivity index (χ2v) is 8.10. The minimum atomic E-state index is 0.497. The number of hydrogen-bond acceptors (Lipinski definition) is 3. The average molecular weight is 462 g/mol. The fraction of sp³-hybridized carbons (Fsp3) is 0.154. The number of aryl methyl sites for hydroxylation is 1. The molecule has 0 aliphatic heterocycles. The summed E-state index contributed by atoms with van der Waals surface area (Å²) in [5.74, 6) is 1.44. The maximum Gasteiger partial charge on any atom is 0.162 e. The predicted octanol–water partition coefficient (Wildman–Crippen LogP) is 7.11. The Morgan fingerprint density at radius 1 is 0.867 bits per heavy atom. The fourth-order valence-corrected chi connectivity index (χ4v) is 3.86. The topological polar surface area (TPSA) is 30.5 Å². The van der Waals surface area contributed by atoms with E-state index in [9.17, 15) is 0 Å². The van der Waals surface area contributed by atoms with Gasteiger partial charge in [-0.1, -0.05) is 82.2 Å². The van der Waals surface area contributed by atoms with Crippen LogP contribution < -0.4 is 14.8 Å². The standard InChI is InChI=1S/C26H24BrNO2/c1-18-10-12-19(13-11-18)17-30-26-15-23(27)21(14-25(26)29-2)16-28-24-9-5-7-20-6-3-4-8-22(20)24/h3-15,28H,16-17H2,1-2H3. The summed E-state index contributed by atoms with van der Waals surface area (Å²) in [5.41, 5.74) is 4.57. The van der Waals surface area contributed by atoms with E-state index in [0.717, 1.165) is 32.8 Å². The predicted molar refractivity (Wildman–Crippen MR) is 127 cm³/mol. The maximum absolute atomic E-state index is 6.03. The van der Waals surface area contributed by atoms with Gasteiger partial charge in [-0.25, -0.2) is 0 Å². The van der Waals surface area contributed by atoms with E-state index in [1.54, 1.807) is 7.11 Å². The Balaban J connectivity index is 1.50. The van der Waals surface area contributed by atoms with Crippen LogP contribution in [0, 0.1) is 6.92 Å². The zero-order chi connectivity index (χ0) is 20.9. The summed E-state index contributed by atoms with van der Waals surface area (Å²) in [5, 5.41) is 5.98. The third kappa shape index (κ3) is 4.60. The maximum atomic E-state index is 6.03. The minimum absolute atomic E-state index is 0.497. The minimum Gasteiger partial charge on any atom is -0.493 e. The van der Waals surface area contributed by atoms with Crippen LogP contribution in [0.1, 0.15) is 16.7 Å². The summed E-state index contributed by atoms with van der Waals surface area (Å²) in [6.07, 6.45) is 0. The van der Waals surface area contributed by atoms with Crippen molar-refractivity contribution in [2.24, 2.45) is 0 Å². The number of hydrogen-bond donors (Lipinski definition) is 1. The molecule has 4 aromatic carbocycles.